The van der Waals surface area contributed by atoms with Crippen molar-refractivity contribution in [1.82, 2.24) is 4.31 Å². The fourth-order valence-electron chi connectivity index (χ4n) is 1.30. The maximum absolute atomic E-state index is 12.8. The van der Waals surface area contributed by atoms with Crippen LogP contribution in [0.1, 0.15) is 20.3 Å². The monoisotopic (exact) mass is 224 g/mol. The number of rotatable bonds is 3. The van der Waals surface area contributed by atoms with Crippen LogP contribution in [-0.2, 0) is 20.0 Å². The molecule has 0 spiro atoms. The van der Waals surface area contributed by atoms with Crippen molar-refractivity contribution in [3.63, 3.8) is 0 Å². The summed E-state index contributed by atoms with van der Waals surface area (Å²) in [7, 11) is -2.05. The minimum Gasteiger partial charge on any atom is -0.477 e. The average Bonchev–Trinajstić information content (AvgIpc) is 2.50. The lowest BCUT2D eigenvalue weighted by molar-refractivity contribution is -0.139. The maximum atomic E-state index is 12.8. The summed E-state index contributed by atoms with van der Waals surface area (Å²) in [5.74, 6) is -1.11. The van der Waals surface area contributed by atoms with Crippen LogP contribution in [-0.4, -0.2) is 39.4 Å². The summed E-state index contributed by atoms with van der Waals surface area (Å²) in [6.07, 6.45) is -0.630. The summed E-state index contributed by atoms with van der Waals surface area (Å²) in [6.45, 7) is 3.28. The number of nitrogens with zero attached hydrogens (tertiary/aromatic N) is 1. The first-order valence-electron chi connectivity index (χ1n) is 4.45. The highest BCUT2D eigenvalue weighted by molar-refractivity contribution is 7.84. The van der Waals surface area contributed by atoms with Crippen molar-refractivity contribution in [1.29, 1.82) is 0 Å². The SMILES string of the molecule is CC(C)(C(=O)O)[SH+](=O)N1CC[C@@H](F)C1. The van der Waals surface area contributed by atoms with E-state index in [2.05, 4.69) is 0 Å². The minimum absolute atomic E-state index is 0.0892. The van der Waals surface area contributed by atoms with Gasteiger partial charge in [-0.25, -0.2) is 9.18 Å². The topological polar surface area (TPSA) is 57.6 Å². The van der Waals surface area contributed by atoms with E-state index in [1.807, 2.05) is 0 Å². The molecule has 1 N–H and O–H groups in total. The van der Waals surface area contributed by atoms with Gasteiger partial charge in [-0.1, -0.05) is 4.21 Å². The lowest BCUT2D eigenvalue weighted by Gasteiger charge is -2.18. The first-order valence-corrected chi connectivity index (χ1v) is 5.66. The zero-order valence-corrected chi connectivity index (χ0v) is 9.13. The molecule has 14 heavy (non-hydrogen) atoms. The third kappa shape index (κ3) is 2.12. The average molecular weight is 224 g/mol. The first-order chi connectivity index (χ1) is 6.35. The van der Waals surface area contributed by atoms with Gasteiger partial charge < -0.3 is 5.11 Å². The molecule has 0 saturated carbocycles. The van der Waals surface area contributed by atoms with Gasteiger partial charge in [0.25, 0.3) is 0 Å². The molecule has 1 rings (SSSR count). The van der Waals surface area contributed by atoms with Crippen LogP contribution >= 0.6 is 0 Å². The zero-order chi connectivity index (χ0) is 10.9. The van der Waals surface area contributed by atoms with E-state index in [-0.39, 0.29) is 6.54 Å². The van der Waals surface area contributed by atoms with Crippen molar-refractivity contribution < 1.29 is 18.5 Å². The Hall–Kier alpha value is -0.490. The van der Waals surface area contributed by atoms with Gasteiger partial charge in [0.15, 0.2) is 11.0 Å². The van der Waals surface area contributed by atoms with E-state index in [1.165, 1.54) is 18.2 Å². The first kappa shape index (κ1) is 11.6. The molecule has 1 heterocycles. The van der Waals surface area contributed by atoms with Crippen molar-refractivity contribution >= 4 is 17.0 Å². The molecular weight excluding hydrogens is 209 g/mol. The second-order valence-electron chi connectivity index (χ2n) is 3.94. The number of carbonyl (C=O) groups is 1. The Kier molecular flexibility index (Phi) is 3.26. The third-order valence-corrected chi connectivity index (χ3v) is 4.39. The molecular formula is C8H15FNO3S+. The molecule has 82 valence electrons. The molecule has 1 fully saturated rings. The summed E-state index contributed by atoms with van der Waals surface area (Å²) in [5.41, 5.74) is 0. The van der Waals surface area contributed by atoms with Crippen molar-refractivity contribution in [2.24, 2.45) is 0 Å². The van der Waals surface area contributed by atoms with Crippen LogP contribution < -0.4 is 0 Å². The number of carboxylic acids is 1. The number of aliphatic carboxylic acids is 1. The second-order valence-corrected chi connectivity index (χ2v) is 6.17. The van der Waals surface area contributed by atoms with Crippen molar-refractivity contribution in [3.05, 3.63) is 0 Å². The Morgan fingerprint density at radius 1 is 1.64 bits per heavy atom. The quantitative estimate of drug-likeness (QED) is 0.561. The van der Waals surface area contributed by atoms with E-state index < -0.39 is 27.9 Å². The van der Waals surface area contributed by atoms with E-state index in [0.717, 1.165) is 0 Å². The zero-order valence-electron chi connectivity index (χ0n) is 8.23. The van der Waals surface area contributed by atoms with Crippen molar-refractivity contribution in [2.75, 3.05) is 13.1 Å². The summed E-state index contributed by atoms with van der Waals surface area (Å²) in [6, 6.07) is 0. The predicted octanol–water partition coefficient (Wildman–Crippen LogP) is 0.504. The van der Waals surface area contributed by atoms with Crippen LogP contribution in [0.4, 0.5) is 4.39 Å². The molecule has 0 aliphatic carbocycles. The lowest BCUT2D eigenvalue weighted by Crippen LogP contribution is -2.44. The van der Waals surface area contributed by atoms with Gasteiger partial charge in [0, 0.05) is 6.54 Å². The predicted molar refractivity (Wildman–Crippen MR) is 52.2 cm³/mol. The van der Waals surface area contributed by atoms with Crippen LogP contribution in [0.5, 0.6) is 0 Å². The molecule has 0 radical (unpaired) electrons. The Balaban J connectivity index is 2.70. The maximum Gasteiger partial charge on any atom is 0.361 e. The highest BCUT2D eigenvalue weighted by atomic mass is 32.2. The van der Waals surface area contributed by atoms with Gasteiger partial charge in [0.05, 0.1) is 6.54 Å². The fraction of sp³-hybridized carbons (Fsp3) is 0.875. The molecule has 0 aromatic rings. The lowest BCUT2D eigenvalue weighted by atomic mass is 10.2. The highest BCUT2D eigenvalue weighted by Gasteiger charge is 2.46. The van der Waals surface area contributed by atoms with Gasteiger partial charge in [-0.15, -0.1) is 4.31 Å². The van der Waals surface area contributed by atoms with Crippen LogP contribution in [0, 0.1) is 0 Å². The van der Waals surface area contributed by atoms with Gasteiger partial charge in [-0.05, 0) is 20.3 Å². The smallest absolute Gasteiger partial charge is 0.361 e. The summed E-state index contributed by atoms with van der Waals surface area (Å²) in [4.78, 5) is 10.8. The van der Waals surface area contributed by atoms with Crippen LogP contribution in [0.3, 0.4) is 0 Å². The van der Waals surface area contributed by atoms with Gasteiger partial charge in [-0.2, -0.15) is 0 Å². The molecule has 0 amide bonds. The Labute approximate surface area is 84.7 Å². The molecule has 1 unspecified atom stereocenters. The van der Waals surface area contributed by atoms with Crippen LogP contribution in [0.25, 0.3) is 0 Å². The Morgan fingerprint density at radius 3 is 2.57 bits per heavy atom. The fourth-order valence-corrected chi connectivity index (χ4v) is 2.79. The number of hydrogen-bond donors (Lipinski definition) is 1. The summed E-state index contributed by atoms with van der Waals surface area (Å²) >= 11 is 0. The van der Waals surface area contributed by atoms with E-state index >= 15 is 0 Å². The molecule has 1 aliphatic heterocycles. The number of hydrogen-bond acceptors (Lipinski definition) is 2. The Bertz CT molecular complexity index is 269. The standard InChI is InChI=1S/C8H14FNO3S/c1-8(2,7(11)12)14(13)10-4-3-6(9)5-10/h6H,3-5H2,1-2H3,(H,11,12)/p+1/t6-,14?/m1/s1. The summed E-state index contributed by atoms with van der Waals surface area (Å²) in [5, 5.41) is 8.83. The van der Waals surface area contributed by atoms with E-state index in [4.69, 9.17) is 5.11 Å². The number of carboxylic acid groups (broad SMARTS) is 1. The second kappa shape index (κ2) is 3.94. The molecule has 4 nitrogen and oxygen atoms in total. The van der Waals surface area contributed by atoms with Gasteiger partial charge in [-0.3, -0.25) is 0 Å². The molecule has 0 aromatic heterocycles. The van der Waals surface area contributed by atoms with E-state index in [1.54, 1.807) is 0 Å². The summed E-state index contributed by atoms with van der Waals surface area (Å²) < 4.78 is 24.7. The van der Waals surface area contributed by atoms with Gasteiger partial charge in [0.1, 0.15) is 6.17 Å². The molecule has 1 saturated heterocycles. The molecule has 0 bridgehead atoms. The normalized spacial score (nSPS) is 26.4. The molecule has 6 heteroatoms. The van der Waals surface area contributed by atoms with E-state index in [9.17, 15) is 13.4 Å². The largest absolute Gasteiger partial charge is 0.477 e. The number of thiol groups is 1. The van der Waals surface area contributed by atoms with Gasteiger partial charge >= 0.3 is 5.97 Å². The molecule has 2 atom stereocenters. The van der Waals surface area contributed by atoms with E-state index in [0.29, 0.717) is 13.0 Å². The minimum atomic E-state index is -2.05. The Morgan fingerprint density at radius 2 is 2.21 bits per heavy atom. The highest BCUT2D eigenvalue weighted by Crippen LogP contribution is 2.22. The van der Waals surface area contributed by atoms with Crippen LogP contribution in [0.15, 0.2) is 0 Å². The number of halogens is 1. The van der Waals surface area contributed by atoms with Crippen LogP contribution in [0.2, 0.25) is 0 Å². The van der Waals surface area contributed by atoms with Crippen molar-refractivity contribution in [2.45, 2.75) is 31.2 Å². The third-order valence-electron chi connectivity index (χ3n) is 2.37. The number of alkyl halides is 1. The molecule has 0 aromatic carbocycles. The van der Waals surface area contributed by atoms with Crippen molar-refractivity contribution in [3.8, 4) is 0 Å². The molecule has 1 aliphatic rings. The van der Waals surface area contributed by atoms with Gasteiger partial charge in [0.2, 0.25) is 4.75 Å².